The third-order valence-corrected chi connectivity index (χ3v) is 2.38. The molecule has 0 bridgehead atoms. The molecular weight excluding hydrogens is 210 g/mol. The fraction of sp³-hybridized carbons (Fsp3) is 0.0714. The zero-order chi connectivity index (χ0) is 12.1. The number of aryl methyl sites for hydroxylation is 1. The highest BCUT2D eigenvalue weighted by Gasteiger charge is 2.03. The summed E-state index contributed by atoms with van der Waals surface area (Å²) in [6.45, 7) is 1.92. The van der Waals surface area contributed by atoms with E-state index in [1.54, 1.807) is 6.07 Å². The average Bonchev–Trinajstić information content (AvgIpc) is 2.38. The third-order valence-electron chi connectivity index (χ3n) is 2.38. The smallest absolute Gasteiger partial charge is 0.106 e. The van der Waals surface area contributed by atoms with E-state index < -0.39 is 0 Å². The molecule has 0 radical (unpaired) electrons. The molecule has 0 saturated carbocycles. The Labute approximate surface area is 100 Å². The fourth-order valence-electron chi connectivity index (χ4n) is 1.48. The number of nitrogens with zero attached hydrogens (tertiary/aromatic N) is 3. The van der Waals surface area contributed by atoms with Gasteiger partial charge in [0.05, 0.1) is 11.3 Å². The number of hydrogen-bond donors (Lipinski definition) is 0. The molecule has 0 aliphatic rings. The van der Waals surface area contributed by atoms with E-state index in [2.05, 4.69) is 16.3 Å². The van der Waals surface area contributed by atoms with Crippen LogP contribution in [0.4, 0.5) is 11.4 Å². The third kappa shape index (κ3) is 2.56. The molecule has 0 aromatic heterocycles. The minimum atomic E-state index is 0.546. The van der Waals surface area contributed by atoms with Crippen LogP contribution >= 0.6 is 0 Å². The molecule has 0 heterocycles. The summed E-state index contributed by atoms with van der Waals surface area (Å²) in [5.41, 5.74) is 2.91. The van der Waals surface area contributed by atoms with Gasteiger partial charge >= 0.3 is 0 Å². The van der Waals surface area contributed by atoms with E-state index in [0.717, 1.165) is 11.3 Å². The van der Waals surface area contributed by atoms with Crippen molar-refractivity contribution in [2.45, 2.75) is 6.92 Å². The van der Waals surface area contributed by atoms with Crippen LogP contribution < -0.4 is 0 Å². The van der Waals surface area contributed by atoms with Crippen molar-refractivity contribution in [1.82, 2.24) is 0 Å². The van der Waals surface area contributed by atoms with Crippen LogP contribution in [0.25, 0.3) is 0 Å². The lowest BCUT2D eigenvalue weighted by molar-refractivity contribution is 1.20. The first-order valence-corrected chi connectivity index (χ1v) is 5.28. The zero-order valence-corrected chi connectivity index (χ0v) is 9.46. The highest BCUT2D eigenvalue weighted by atomic mass is 15.1. The Balaban J connectivity index is 2.37. The summed E-state index contributed by atoms with van der Waals surface area (Å²) in [7, 11) is 0. The summed E-state index contributed by atoms with van der Waals surface area (Å²) in [6, 6.07) is 17.1. The standard InChI is InChI=1S/C14H11N3/c1-11-6-5-7-12(10-15)14(11)17-16-13-8-3-2-4-9-13/h2-9H,1H3. The van der Waals surface area contributed by atoms with Crippen LogP contribution in [-0.4, -0.2) is 0 Å². The van der Waals surface area contributed by atoms with E-state index in [1.165, 1.54) is 0 Å². The highest BCUT2D eigenvalue weighted by Crippen LogP contribution is 2.25. The predicted molar refractivity (Wildman–Crippen MR) is 66.5 cm³/mol. The van der Waals surface area contributed by atoms with Gasteiger partial charge in [-0.25, -0.2) is 0 Å². The van der Waals surface area contributed by atoms with E-state index in [-0.39, 0.29) is 0 Å². The molecule has 0 unspecified atom stereocenters. The van der Waals surface area contributed by atoms with Gasteiger partial charge in [-0.2, -0.15) is 10.4 Å². The minimum absolute atomic E-state index is 0.546. The largest absolute Gasteiger partial charge is 0.192 e. The van der Waals surface area contributed by atoms with Crippen LogP contribution in [0, 0.1) is 18.3 Å². The van der Waals surface area contributed by atoms with Crippen molar-refractivity contribution >= 4 is 11.4 Å². The fourth-order valence-corrected chi connectivity index (χ4v) is 1.48. The monoisotopic (exact) mass is 221 g/mol. The van der Waals surface area contributed by atoms with Gasteiger partial charge in [-0.3, -0.25) is 0 Å². The van der Waals surface area contributed by atoms with Crippen molar-refractivity contribution in [2.75, 3.05) is 0 Å². The molecular formula is C14H11N3. The second kappa shape index (κ2) is 5.04. The molecule has 2 aromatic carbocycles. The molecule has 2 rings (SSSR count). The average molecular weight is 221 g/mol. The van der Waals surface area contributed by atoms with Gasteiger partial charge in [0, 0.05) is 0 Å². The molecule has 0 amide bonds. The van der Waals surface area contributed by atoms with Gasteiger partial charge in [0.25, 0.3) is 0 Å². The molecule has 17 heavy (non-hydrogen) atoms. The Bertz CT molecular complexity index is 580. The predicted octanol–water partition coefficient (Wildman–Crippen LogP) is 4.28. The summed E-state index contributed by atoms with van der Waals surface area (Å²) in [4.78, 5) is 0. The van der Waals surface area contributed by atoms with Gasteiger partial charge in [0.1, 0.15) is 11.8 Å². The van der Waals surface area contributed by atoms with Gasteiger partial charge in [-0.1, -0.05) is 30.3 Å². The van der Waals surface area contributed by atoms with Gasteiger partial charge in [0.2, 0.25) is 0 Å². The molecule has 3 heteroatoms. The van der Waals surface area contributed by atoms with Crippen LogP contribution in [0.2, 0.25) is 0 Å². The van der Waals surface area contributed by atoms with E-state index in [4.69, 9.17) is 5.26 Å². The highest BCUT2D eigenvalue weighted by molar-refractivity contribution is 5.58. The van der Waals surface area contributed by atoms with Crippen LogP contribution in [-0.2, 0) is 0 Å². The Hall–Kier alpha value is -2.47. The Morgan fingerprint density at radius 3 is 2.41 bits per heavy atom. The first-order valence-electron chi connectivity index (χ1n) is 5.28. The second-order valence-corrected chi connectivity index (χ2v) is 3.62. The number of azo groups is 1. The lowest BCUT2D eigenvalue weighted by atomic mass is 10.1. The van der Waals surface area contributed by atoms with Crippen molar-refractivity contribution in [1.29, 1.82) is 5.26 Å². The molecule has 82 valence electrons. The van der Waals surface area contributed by atoms with Crippen LogP contribution in [0.5, 0.6) is 0 Å². The lowest BCUT2D eigenvalue weighted by Gasteiger charge is -2.00. The maximum Gasteiger partial charge on any atom is 0.106 e. The number of hydrogen-bond acceptors (Lipinski definition) is 3. The van der Waals surface area contributed by atoms with E-state index in [0.29, 0.717) is 11.3 Å². The van der Waals surface area contributed by atoms with E-state index in [9.17, 15) is 0 Å². The summed E-state index contributed by atoms with van der Waals surface area (Å²) in [5, 5.41) is 17.3. The Morgan fingerprint density at radius 2 is 1.71 bits per heavy atom. The molecule has 0 atom stereocenters. The minimum Gasteiger partial charge on any atom is -0.192 e. The van der Waals surface area contributed by atoms with Crippen molar-refractivity contribution in [3.8, 4) is 6.07 Å². The zero-order valence-electron chi connectivity index (χ0n) is 9.46. The molecule has 2 aromatic rings. The molecule has 0 N–H and O–H groups in total. The molecule has 0 spiro atoms. The van der Waals surface area contributed by atoms with Crippen molar-refractivity contribution in [3.05, 3.63) is 59.7 Å². The summed E-state index contributed by atoms with van der Waals surface area (Å²) >= 11 is 0. The first-order chi connectivity index (χ1) is 8.31. The van der Waals surface area contributed by atoms with Crippen molar-refractivity contribution < 1.29 is 0 Å². The Morgan fingerprint density at radius 1 is 0.941 bits per heavy atom. The van der Waals surface area contributed by atoms with Crippen LogP contribution in [0.15, 0.2) is 58.8 Å². The molecule has 0 aliphatic heterocycles. The maximum atomic E-state index is 8.99. The van der Waals surface area contributed by atoms with Gasteiger partial charge < -0.3 is 0 Å². The molecule has 0 saturated heterocycles. The topological polar surface area (TPSA) is 48.5 Å². The van der Waals surface area contributed by atoms with Crippen molar-refractivity contribution in [2.24, 2.45) is 10.2 Å². The SMILES string of the molecule is Cc1cccc(C#N)c1N=Nc1ccccc1. The summed E-state index contributed by atoms with van der Waals surface area (Å²) in [6.07, 6.45) is 0. The first kappa shape index (κ1) is 11.0. The Kier molecular flexibility index (Phi) is 3.27. The summed E-state index contributed by atoms with van der Waals surface area (Å²) < 4.78 is 0. The van der Waals surface area contributed by atoms with E-state index in [1.807, 2.05) is 49.4 Å². The van der Waals surface area contributed by atoms with Crippen molar-refractivity contribution in [3.63, 3.8) is 0 Å². The summed E-state index contributed by atoms with van der Waals surface area (Å²) in [5.74, 6) is 0. The molecule has 0 aliphatic carbocycles. The maximum absolute atomic E-state index is 8.99. The van der Waals surface area contributed by atoms with Gasteiger partial charge in [-0.15, -0.1) is 5.11 Å². The number of nitriles is 1. The molecule has 3 nitrogen and oxygen atoms in total. The number of benzene rings is 2. The van der Waals surface area contributed by atoms with Gasteiger partial charge in [0.15, 0.2) is 0 Å². The van der Waals surface area contributed by atoms with E-state index >= 15 is 0 Å². The lowest BCUT2D eigenvalue weighted by Crippen LogP contribution is -1.79. The molecule has 0 fully saturated rings. The van der Waals surface area contributed by atoms with Crippen LogP contribution in [0.1, 0.15) is 11.1 Å². The van der Waals surface area contributed by atoms with Crippen LogP contribution in [0.3, 0.4) is 0 Å². The normalized spacial score (nSPS) is 10.4. The van der Waals surface area contributed by atoms with Gasteiger partial charge in [-0.05, 0) is 30.7 Å². The second-order valence-electron chi connectivity index (χ2n) is 3.62. The number of rotatable bonds is 2. The quantitative estimate of drug-likeness (QED) is 0.698.